The first-order valence-corrected chi connectivity index (χ1v) is 9.33. The fourth-order valence-corrected chi connectivity index (χ4v) is 2.95. The van der Waals surface area contributed by atoms with E-state index in [1.54, 1.807) is 36.4 Å². The highest BCUT2D eigenvalue weighted by Crippen LogP contribution is 2.22. The third-order valence-corrected chi connectivity index (χ3v) is 4.58. The highest BCUT2D eigenvalue weighted by atomic mass is 16.5. The number of carbonyl (C=O) groups is 2. The van der Waals surface area contributed by atoms with Crippen molar-refractivity contribution in [2.75, 3.05) is 17.7 Å². The van der Waals surface area contributed by atoms with Gasteiger partial charge in [-0.1, -0.05) is 25.1 Å². The lowest BCUT2D eigenvalue weighted by Gasteiger charge is -2.13. The number of nitrogens with zero attached hydrogens (tertiary/aromatic N) is 1. The number of benzene rings is 2. The highest BCUT2D eigenvalue weighted by Gasteiger charge is 2.11. The molecule has 0 bridgehead atoms. The second-order valence-corrected chi connectivity index (χ2v) is 6.54. The molecule has 1 amide bonds. The van der Waals surface area contributed by atoms with Gasteiger partial charge in [-0.3, -0.25) is 4.79 Å². The van der Waals surface area contributed by atoms with E-state index in [4.69, 9.17) is 0 Å². The molecule has 0 unspecified atom stereocenters. The summed E-state index contributed by atoms with van der Waals surface area (Å²) >= 11 is 0. The predicted molar refractivity (Wildman–Crippen MR) is 114 cm³/mol. The molecule has 6 heteroatoms. The number of para-hydroxylation sites is 1. The Kier molecular flexibility index (Phi) is 6.24. The van der Waals surface area contributed by atoms with Crippen LogP contribution in [0.2, 0.25) is 0 Å². The van der Waals surface area contributed by atoms with Crippen molar-refractivity contribution in [2.45, 2.75) is 20.3 Å². The zero-order valence-electron chi connectivity index (χ0n) is 16.7. The number of nitrogens with one attached hydrogen (secondary N) is 2. The van der Waals surface area contributed by atoms with Crippen molar-refractivity contribution in [1.82, 2.24) is 4.98 Å². The molecule has 148 valence electrons. The number of anilines is 3. The number of aryl methyl sites for hydroxylation is 2. The fraction of sp³-hybridized carbons (Fsp3) is 0.174. The smallest absolute Gasteiger partial charge is 0.337 e. The summed E-state index contributed by atoms with van der Waals surface area (Å²) in [6.07, 6.45) is 2.37. The molecule has 29 heavy (non-hydrogen) atoms. The molecule has 6 nitrogen and oxygen atoms in total. The lowest BCUT2D eigenvalue weighted by molar-refractivity contribution is 0.0600. The van der Waals surface area contributed by atoms with Crippen molar-refractivity contribution in [3.63, 3.8) is 0 Å². The highest BCUT2D eigenvalue weighted by molar-refractivity contribution is 6.05. The first kappa shape index (κ1) is 20.1. The Morgan fingerprint density at radius 1 is 1.00 bits per heavy atom. The minimum absolute atomic E-state index is 0.199. The minimum atomic E-state index is -0.384. The summed E-state index contributed by atoms with van der Waals surface area (Å²) in [5, 5.41) is 6.13. The topological polar surface area (TPSA) is 80.3 Å². The Bertz CT molecular complexity index is 1010. The van der Waals surface area contributed by atoms with E-state index in [2.05, 4.69) is 27.3 Å². The van der Waals surface area contributed by atoms with Crippen molar-refractivity contribution in [1.29, 1.82) is 0 Å². The minimum Gasteiger partial charge on any atom is -0.465 e. The quantitative estimate of drug-likeness (QED) is 0.596. The molecule has 3 aromatic rings. The maximum Gasteiger partial charge on any atom is 0.337 e. The van der Waals surface area contributed by atoms with Crippen LogP contribution in [0.15, 0.2) is 60.8 Å². The molecular weight excluding hydrogens is 366 g/mol. The van der Waals surface area contributed by atoms with Crippen LogP contribution >= 0.6 is 0 Å². The number of methoxy groups -OCH3 is 1. The second-order valence-electron chi connectivity index (χ2n) is 6.54. The van der Waals surface area contributed by atoms with Gasteiger partial charge in [0.2, 0.25) is 0 Å². The van der Waals surface area contributed by atoms with E-state index in [1.165, 1.54) is 13.3 Å². The summed E-state index contributed by atoms with van der Waals surface area (Å²) in [4.78, 5) is 28.4. The Hall–Kier alpha value is -3.67. The molecule has 1 heterocycles. The molecule has 0 radical (unpaired) electrons. The summed E-state index contributed by atoms with van der Waals surface area (Å²) in [5.74, 6) is 0.0120. The van der Waals surface area contributed by atoms with Crippen LogP contribution < -0.4 is 10.6 Å². The summed E-state index contributed by atoms with van der Waals surface area (Å²) in [6.45, 7) is 4.04. The van der Waals surface area contributed by atoms with Gasteiger partial charge in [0.1, 0.15) is 5.82 Å². The van der Waals surface area contributed by atoms with Crippen molar-refractivity contribution in [3.05, 3.63) is 83.0 Å². The van der Waals surface area contributed by atoms with E-state index < -0.39 is 0 Å². The lowest BCUT2D eigenvalue weighted by atomic mass is 10.1. The maximum absolute atomic E-state index is 12.6. The van der Waals surface area contributed by atoms with Gasteiger partial charge in [-0.15, -0.1) is 0 Å². The Balaban J connectivity index is 1.68. The normalized spacial score (nSPS) is 10.3. The molecule has 0 aliphatic rings. The number of esters is 1. The molecule has 2 N–H and O–H groups in total. The van der Waals surface area contributed by atoms with Gasteiger partial charge in [-0.2, -0.15) is 0 Å². The van der Waals surface area contributed by atoms with E-state index in [0.717, 1.165) is 28.9 Å². The summed E-state index contributed by atoms with van der Waals surface area (Å²) < 4.78 is 4.68. The lowest BCUT2D eigenvalue weighted by Crippen LogP contribution is -2.14. The van der Waals surface area contributed by atoms with Crippen LogP contribution in [0.5, 0.6) is 0 Å². The molecule has 0 atom stereocenters. The summed E-state index contributed by atoms with van der Waals surface area (Å²) in [7, 11) is 1.35. The molecule has 0 aliphatic carbocycles. The van der Waals surface area contributed by atoms with E-state index in [-0.39, 0.29) is 11.9 Å². The summed E-state index contributed by atoms with van der Waals surface area (Å²) in [6, 6.07) is 16.3. The van der Waals surface area contributed by atoms with Crippen LogP contribution in [0, 0.1) is 6.92 Å². The molecule has 1 aromatic heterocycles. The summed E-state index contributed by atoms with van der Waals surface area (Å²) in [5.41, 5.74) is 4.70. The van der Waals surface area contributed by atoms with Crippen LogP contribution in [0.4, 0.5) is 17.2 Å². The van der Waals surface area contributed by atoms with Crippen LogP contribution in [0.25, 0.3) is 0 Å². The molecule has 0 spiro atoms. The van der Waals surface area contributed by atoms with Crippen LogP contribution in [0.3, 0.4) is 0 Å². The average molecular weight is 389 g/mol. The number of ether oxygens (including phenoxy) is 1. The number of carbonyl (C=O) groups excluding carboxylic acids is 2. The number of hydrogen-bond donors (Lipinski definition) is 2. The van der Waals surface area contributed by atoms with Gasteiger partial charge in [0.05, 0.1) is 18.2 Å². The number of hydrogen-bond acceptors (Lipinski definition) is 5. The van der Waals surface area contributed by atoms with Gasteiger partial charge in [-0.05, 0) is 60.9 Å². The second kappa shape index (κ2) is 9.01. The monoisotopic (exact) mass is 389 g/mol. The van der Waals surface area contributed by atoms with Crippen LogP contribution in [0.1, 0.15) is 38.8 Å². The molecule has 3 rings (SSSR count). The number of aromatic nitrogens is 1. The average Bonchev–Trinajstić information content (AvgIpc) is 2.75. The zero-order chi connectivity index (χ0) is 20.8. The zero-order valence-corrected chi connectivity index (χ0v) is 16.7. The van der Waals surface area contributed by atoms with Gasteiger partial charge in [0.25, 0.3) is 5.91 Å². The van der Waals surface area contributed by atoms with Crippen molar-refractivity contribution in [2.24, 2.45) is 0 Å². The standard InChI is InChI=1S/C23H23N3O3/c1-4-16-7-5-6-15(2)21(16)26-22(27)18-10-13-20(24-14-18)25-19-11-8-17(9-12-19)23(28)29-3/h5-14H,4H2,1-3H3,(H,24,25)(H,26,27). The molecular formula is C23H23N3O3. The molecule has 2 aromatic carbocycles. The largest absolute Gasteiger partial charge is 0.465 e. The van der Waals surface area contributed by atoms with Crippen molar-refractivity contribution < 1.29 is 14.3 Å². The third kappa shape index (κ3) is 4.79. The Morgan fingerprint density at radius 2 is 1.72 bits per heavy atom. The van der Waals surface area contributed by atoms with Crippen molar-refractivity contribution >= 4 is 29.1 Å². The van der Waals surface area contributed by atoms with Crippen molar-refractivity contribution in [3.8, 4) is 0 Å². The maximum atomic E-state index is 12.6. The SMILES string of the molecule is CCc1cccc(C)c1NC(=O)c1ccc(Nc2ccc(C(=O)OC)cc2)nc1. The first-order chi connectivity index (χ1) is 14.0. The molecule has 0 fully saturated rings. The Morgan fingerprint density at radius 3 is 2.34 bits per heavy atom. The first-order valence-electron chi connectivity index (χ1n) is 9.33. The van der Waals surface area contributed by atoms with E-state index >= 15 is 0 Å². The number of amides is 1. The fourth-order valence-electron chi connectivity index (χ4n) is 2.95. The van der Waals surface area contributed by atoms with Gasteiger partial charge in [0, 0.05) is 17.6 Å². The molecule has 0 aliphatic heterocycles. The number of pyridine rings is 1. The van der Waals surface area contributed by atoms with Crippen LogP contribution in [-0.2, 0) is 11.2 Å². The molecule has 0 saturated heterocycles. The third-order valence-electron chi connectivity index (χ3n) is 4.58. The van der Waals surface area contributed by atoms with E-state index in [9.17, 15) is 9.59 Å². The Labute approximate surface area is 169 Å². The van der Waals surface area contributed by atoms with E-state index in [1.807, 2.05) is 25.1 Å². The van der Waals surface area contributed by atoms with E-state index in [0.29, 0.717) is 16.9 Å². The predicted octanol–water partition coefficient (Wildman–Crippen LogP) is 4.73. The van der Waals surface area contributed by atoms with Gasteiger partial charge < -0.3 is 15.4 Å². The number of rotatable bonds is 6. The van der Waals surface area contributed by atoms with Crippen LogP contribution in [-0.4, -0.2) is 24.0 Å². The van der Waals surface area contributed by atoms with Gasteiger partial charge in [-0.25, -0.2) is 9.78 Å². The van der Waals surface area contributed by atoms with Gasteiger partial charge >= 0.3 is 5.97 Å². The van der Waals surface area contributed by atoms with Gasteiger partial charge in [0.15, 0.2) is 0 Å². The molecule has 0 saturated carbocycles.